The Labute approximate surface area is 123 Å². The molecule has 1 aromatic carbocycles. The summed E-state index contributed by atoms with van der Waals surface area (Å²) in [5, 5.41) is 1.78. The molecule has 9 heteroatoms. The molecule has 0 N–H and O–H groups in total. The summed E-state index contributed by atoms with van der Waals surface area (Å²) in [6.45, 7) is 9.32. The molecule has 0 bridgehead atoms. The Bertz CT molecular complexity index is 783. The van der Waals surface area contributed by atoms with Crippen molar-refractivity contribution in [2.24, 2.45) is 0 Å². The van der Waals surface area contributed by atoms with Crippen molar-refractivity contribution in [1.29, 1.82) is 0 Å². The van der Waals surface area contributed by atoms with E-state index in [4.69, 9.17) is 0 Å². The minimum atomic E-state index is -4.01. The zero-order valence-electron chi connectivity index (χ0n) is 10.8. The van der Waals surface area contributed by atoms with E-state index in [-0.39, 0.29) is 0 Å². The number of hydrogen-bond donors (Lipinski definition) is 0. The minimum Gasteiger partial charge on any atom is -0.219 e. The van der Waals surface area contributed by atoms with Gasteiger partial charge >= 0.3 is 0 Å². The largest absolute Gasteiger partial charge is 0.219 e. The van der Waals surface area contributed by atoms with Crippen LogP contribution in [-0.2, 0) is 29.5 Å². The standard InChI is InChI=1S/C12H12O6S3/c1-4-19(13,14)10-7-11(20(15,16)5-2)9-12(8-10)21(17,18)6-3/h4-9H,1-3H2. The van der Waals surface area contributed by atoms with E-state index in [1.54, 1.807) is 0 Å². The van der Waals surface area contributed by atoms with Crippen LogP contribution < -0.4 is 0 Å². The van der Waals surface area contributed by atoms with Gasteiger partial charge in [0.2, 0.25) is 0 Å². The van der Waals surface area contributed by atoms with Crippen LogP contribution in [0.5, 0.6) is 0 Å². The molecule has 0 saturated carbocycles. The molecule has 0 spiro atoms. The second-order valence-electron chi connectivity index (χ2n) is 3.78. The van der Waals surface area contributed by atoms with Crippen molar-refractivity contribution in [3.63, 3.8) is 0 Å². The van der Waals surface area contributed by atoms with Crippen LogP contribution in [0.1, 0.15) is 0 Å². The monoisotopic (exact) mass is 348 g/mol. The van der Waals surface area contributed by atoms with Crippen molar-refractivity contribution in [3.05, 3.63) is 54.2 Å². The Hall–Kier alpha value is -1.71. The van der Waals surface area contributed by atoms with Gasteiger partial charge in [-0.25, -0.2) is 25.3 Å². The van der Waals surface area contributed by atoms with Gasteiger partial charge in [-0.2, -0.15) is 0 Å². The van der Waals surface area contributed by atoms with Crippen LogP contribution in [0.25, 0.3) is 0 Å². The molecule has 0 aromatic heterocycles. The highest BCUT2D eigenvalue weighted by atomic mass is 32.2. The van der Waals surface area contributed by atoms with Gasteiger partial charge in [0, 0.05) is 16.2 Å². The molecule has 0 atom stereocenters. The van der Waals surface area contributed by atoms with Gasteiger partial charge < -0.3 is 0 Å². The zero-order valence-corrected chi connectivity index (χ0v) is 13.2. The summed E-state index contributed by atoms with van der Waals surface area (Å²) in [4.78, 5) is -1.50. The summed E-state index contributed by atoms with van der Waals surface area (Å²) < 4.78 is 70.7. The fourth-order valence-electron chi connectivity index (χ4n) is 1.33. The van der Waals surface area contributed by atoms with Gasteiger partial charge in [0.15, 0.2) is 29.5 Å². The lowest BCUT2D eigenvalue weighted by Crippen LogP contribution is -2.05. The van der Waals surface area contributed by atoms with Gasteiger partial charge in [0.25, 0.3) is 0 Å². The molecule has 21 heavy (non-hydrogen) atoms. The Morgan fingerprint density at radius 2 is 0.762 bits per heavy atom. The van der Waals surface area contributed by atoms with E-state index in [9.17, 15) is 25.3 Å². The Kier molecular flexibility index (Phi) is 4.61. The van der Waals surface area contributed by atoms with Crippen LogP contribution in [0.15, 0.2) is 68.8 Å². The van der Waals surface area contributed by atoms with Crippen molar-refractivity contribution < 1.29 is 25.3 Å². The fourth-order valence-corrected chi connectivity index (χ4v) is 3.88. The quantitative estimate of drug-likeness (QED) is 0.771. The number of benzene rings is 1. The maximum atomic E-state index is 11.8. The van der Waals surface area contributed by atoms with Gasteiger partial charge in [0.1, 0.15) is 0 Å². The molecule has 1 rings (SSSR count). The number of hydrogen-bond acceptors (Lipinski definition) is 6. The Balaban J connectivity index is 3.93. The normalized spacial score (nSPS) is 12.6. The average Bonchev–Trinajstić information content (AvgIpc) is 2.46. The van der Waals surface area contributed by atoms with E-state index in [1.165, 1.54) is 0 Å². The minimum absolute atomic E-state index is 0.499. The second kappa shape index (κ2) is 5.58. The van der Waals surface area contributed by atoms with Gasteiger partial charge in [0.05, 0.1) is 14.7 Å². The molecule has 6 nitrogen and oxygen atoms in total. The van der Waals surface area contributed by atoms with Crippen LogP contribution in [-0.4, -0.2) is 25.3 Å². The molecule has 0 aliphatic carbocycles. The van der Waals surface area contributed by atoms with E-state index in [2.05, 4.69) is 19.7 Å². The van der Waals surface area contributed by atoms with Crippen molar-refractivity contribution in [2.75, 3.05) is 0 Å². The van der Waals surface area contributed by atoms with E-state index in [0.29, 0.717) is 16.2 Å². The van der Waals surface area contributed by atoms with Crippen LogP contribution in [0.3, 0.4) is 0 Å². The van der Waals surface area contributed by atoms with Gasteiger partial charge in [-0.05, 0) is 18.2 Å². The molecule has 0 fully saturated rings. The molecular formula is C12H12O6S3. The summed E-state index contributed by atoms with van der Waals surface area (Å²) in [6.07, 6.45) is 0. The molecule has 0 radical (unpaired) electrons. The summed E-state index contributed by atoms with van der Waals surface area (Å²) >= 11 is 0. The molecule has 0 aliphatic rings. The maximum Gasteiger partial charge on any atom is 0.199 e. The third kappa shape index (κ3) is 3.49. The lowest BCUT2D eigenvalue weighted by molar-refractivity contribution is 0.600. The molecule has 0 amide bonds. The topological polar surface area (TPSA) is 102 Å². The number of rotatable bonds is 6. The van der Waals surface area contributed by atoms with Gasteiger partial charge in [-0.3, -0.25) is 0 Å². The summed E-state index contributed by atoms with van der Waals surface area (Å²) in [6, 6.07) is 2.53. The van der Waals surface area contributed by atoms with Crippen molar-refractivity contribution in [2.45, 2.75) is 14.7 Å². The fraction of sp³-hybridized carbons (Fsp3) is 0. The van der Waals surface area contributed by atoms with Crippen molar-refractivity contribution in [1.82, 2.24) is 0 Å². The first-order chi connectivity index (χ1) is 9.50. The first-order valence-corrected chi connectivity index (χ1v) is 9.92. The summed E-state index contributed by atoms with van der Waals surface area (Å²) in [5.74, 6) is 0. The molecule has 0 aliphatic heterocycles. The average molecular weight is 348 g/mol. The molecule has 0 heterocycles. The highest BCUT2D eigenvalue weighted by Crippen LogP contribution is 2.25. The first kappa shape index (κ1) is 17.3. The number of sulfone groups is 3. The van der Waals surface area contributed by atoms with E-state index < -0.39 is 44.2 Å². The second-order valence-corrected chi connectivity index (χ2v) is 9.46. The predicted molar refractivity (Wildman–Crippen MR) is 78.6 cm³/mol. The summed E-state index contributed by atoms with van der Waals surface area (Å²) in [5.41, 5.74) is 0. The lowest BCUT2D eigenvalue weighted by atomic mass is 10.4. The van der Waals surface area contributed by atoms with Crippen LogP contribution >= 0.6 is 0 Å². The summed E-state index contributed by atoms with van der Waals surface area (Å²) in [7, 11) is -12.0. The van der Waals surface area contributed by atoms with Crippen molar-refractivity contribution in [3.8, 4) is 0 Å². The van der Waals surface area contributed by atoms with Crippen molar-refractivity contribution >= 4 is 29.5 Å². The zero-order chi connectivity index (χ0) is 16.5. The smallest absolute Gasteiger partial charge is 0.199 e. The third-order valence-electron chi connectivity index (χ3n) is 2.50. The highest BCUT2D eigenvalue weighted by Gasteiger charge is 2.21. The van der Waals surface area contributed by atoms with Gasteiger partial charge in [-0.1, -0.05) is 19.7 Å². The lowest BCUT2D eigenvalue weighted by Gasteiger charge is -2.07. The Morgan fingerprint density at radius 1 is 0.571 bits per heavy atom. The maximum absolute atomic E-state index is 11.8. The van der Waals surface area contributed by atoms with E-state index in [0.717, 1.165) is 18.2 Å². The van der Waals surface area contributed by atoms with Crippen LogP contribution in [0, 0.1) is 0 Å². The van der Waals surface area contributed by atoms with Crippen LogP contribution in [0.4, 0.5) is 0 Å². The third-order valence-corrected chi connectivity index (χ3v) is 6.49. The Morgan fingerprint density at radius 3 is 0.905 bits per heavy atom. The van der Waals surface area contributed by atoms with E-state index in [1.807, 2.05) is 0 Å². The SMILES string of the molecule is C=CS(=O)(=O)c1cc(S(=O)(=O)C=C)cc(S(=O)(=O)C=C)c1. The van der Waals surface area contributed by atoms with E-state index >= 15 is 0 Å². The highest BCUT2D eigenvalue weighted by molar-refractivity contribution is 7.95. The molecular weight excluding hydrogens is 336 g/mol. The molecule has 0 saturated heterocycles. The first-order valence-electron chi connectivity index (χ1n) is 5.28. The van der Waals surface area contributed by atoms with Crippen LogP contribution in [0.2, 0.25) is 0 Å². The predicted octanol–water partition coefficient (Wildman–Crippen LogP) is 1.44. The molecule has 0 unspecified atom stereocenters. The molecule has 1 aromatic rings. The van der Waals surface area contributed by atoms with Gasteiger partial charge in [-0.15, -0.1) is 0 Å². The molecule has 114 valence electrons.